The number of allylic oxidation sites excluding steroid dienone is 3. The molecule has 4 nitrogen and oxygen atoms in total. The average molecular weight is 312 g/mol. The summed E-state index contributed by atoms with van der Waals surface area (Å²) in [7, 11) is 2.04. The molecule has 124 valence electrons. The molecule has 4 heteroatoms. The monoisotopic (exact) mass is 312 g/mol. The van der Waals surface area contributed by atoms with Gasteiger partial charge in [-0.15, -0.1) is 0 Å². The number of amidine groups is 1. The van der Waals surface area contributed by atoms with Crippen molar-refractivity contribution in [2.45, 2.75) is 33.7 Å². The summed E-state index contributed by atoms with van der Waals surface area (Å²) in [5.41, 5.74) is 7.42. The Morgan fingerprint density at radius 2 is 1.83 bits per heavy atom. The number of hydrogen-bond donors (Lipinski definition) is 2. The maximum Gasteiger partial charge on any atom is 0.122 e. The van der Waals surface area contributed by atoms with Gasteiger partial charge in [0.05, 0.1) is 0 Å². The fourth-order valence-electron chi connectivity index (χ4n) is 2.16. The van der Waals surface area contributed by atoms with Crippen LogP contribution < -0.4 is 5.73 Å². The van der Waals surface area contributed by atoms with E-state index in [-0.39, 0.29) is 5.84 Å². The number of nitrogen functional groups attached to an aromatic ring is 1. The van der Waals surface area contributed by atoms with Crippen molar-refractivity contribution in [1.29, 1.82) is 5.41 Å². The number of nitrogens with two attached hydrogens (primary N) is 1. The number of hydrogen-bond acceptors (Lipinski definition) is 3. The summed E-state index contributed by atoms with van der Waals surface area (Å²) in [5, 5.41) is 7.42. The molecule has 3 N–H and O–H groups in total. The van der Waals surface area contributed by atoms with Crippen molar-refractivity contribution >= 4 is 5.84 Å². The first kappa shape index (κ1) is 18.6. The zero-order valence-corrected chi connectivity index (χ0v) is 14.6. The van der Waals surface area contributed by atoms with Crippen LogP contribution in [0.2, 0.25) is 0 Å². The summed E-state index contributed by atoms with van der Waals surface area (Å²) in [4.78, 5) is 4.30. The van der Waals surface area contributed by atoms with Gasteiger partial charge in [0.1, 0.15) is 11.7 Å². The van der Waals surface area contributed by atoms with E-state index in [4.69, 9.17) is 11.1 Å². The van der Waals surface area contributed by atoms with Gasteiger partial charge < -0.3 is 15.5 Å². The molecule has 0 aliphatic carbocycles. The SMILES string of the molecule is CC.CC/C=C/C=C1\N(C)C=CN1Cc1ccc(C(=N)N)cc1. The molecular weight excluding hydrogens is 284 g/mol. The van der Waals surface area contributed by atoms with Gasteiger partial charge in [0, 0.05) is 31.6 Å². The highest BCUT2D eigenvalue weighted by molar-refractivity contribution is 5.94. The highest BCUT2D eigenvalue weighted by Gasteiger charge is 2.15. The van der Waals surface area contributed by atoms with Crippen LogP contribution in [0.4, 0.5) is 0 Å². The smallest absolute Gasteiger partial charge is 0.122 e. The first-order valence-electron chi connectivity index (χ1n) is 8.09. The predicted molar refractivity (Wildman–Crippen MR) is 98.8 cm³/mol. The van der Waals surface area contributed by atoms with Crippen LogP contribution in [0.5, 0.6) is 0 Å². The van der Waals surface area contributed by atoms with E-state index in [1.807, 2.05) is 45.2 Å². The second-order valence-corrected chi connectivity index (χ2v) is 5.01. The fourth-order valence-corrected chi connectivity index (χ4v) is 2.16. The Kier molecular flexibility index (Phi) is 7.67. The summed E-state index contributed by atoms with van der Waals surface area (Å²) in [6, 6.07) is 7.81. The fraction of sp³-hybridized carbons (Fsp3) is 0.316. The zero-order chi connectivity index (χ0) is 17.2. The molecule has 0 bridgehead atoms. The van der Waals surface area contributed by atoms with Gasteiger partial charge in [-0.2, -0.15) is 0 Å². The molecular formula is C19H28N4. The van der Waals surface area contributed by atoms with Crippen LogP contribution in [0.1, 0.15) is 38.3 Å². The molecule has 1 aliphatic heterocycles. The summed E-state index contributed by atoms with van der Waals surface area (Å²) >= 11 is 0. The molecule has 1 aliphatic rings. The Bertz CT molecular complexity index is 582. The van der Waals surface area contributed by atoms with Crippen molar-refractivity contribution < 1.29 is 0 Å². The van der Waals surface area contributed by atoms with Crippen LogP contribution in [0.3, 0.4) is 0 Å². The molecule has 0 radical (unpaired) electrons. The molecule has 1 aromatic carbocycles. The summed E-state index contributed by atoms with van der Waals surface area (Å²) in [5.74, 6) is 1.25. The van der Waals surface area contributed by atoms with Gasteiger partial charge in [-0.3, -0.25) is 5.41 Å². The highest BCUT2D eigenvalue weighted by Crippen LogP contribution is 2.21. The maximum atomic E-state index is 7.42. The van der Waals surface area contributed by atoms with E-state index in [1.54, 1.807) is 0 Å². The van der Waals surface area contributed by atoms with Crippen molar-refractivity contribution in [3.8, 4) is 0 Å². The Morgan fingerprint density at radius 3 is 2.39 bits per heavy atom. The maximum absolute atomic E-state index is 7.42. The molecule has 1 aromatic rings. The molecule has 0 unspecified atom stereocenters. The lowest BCUT2D eigenvalue weighted by Gasteiger charge is -2.22. The van der Waals surface area contributed by atoms with Crippen molar-refractivity contribution in [1.82, 2.24) is 9.80 Å². The summed E-state index contributed by atoms with van der Waals surface area (Å²) in [6.45, 7) is 6.92. The standard InChI is InChI=1S/C17H22N4.C2H6/c1-3-4-5-6-16-20(2)11-12-21(16)13-14-7-9-15(10-8-14)17(18)19;1-2/h4-12H,3,13H2,1-2H3,(H3,18,19);1-2H3/b5-4+,16-6+;. The lowest BCUT2D eigenvalue weighted by atomic mass is 10.1. The second kappa shape index (κ2) is 9.51. The molecule has 2 rings (SSSR count). The van der Waals surface area contributed by atoms with E-state index >= 15 is 0 Å². The molecule has 0 aromatic heterocycles. The molecule has 23 heavy (non-hydrogen) atoms. The van der Waals surface area contributed by atoms with Gasteiger partial charge in [-0.05, 0) is 18.1 Å². The lowest BCUT2D eigenvalue weighted by Crippen LogP contribution is -2.19. The first-order chi connectivity index (χ1) is 11.1. The second-order valence-electron chi connectivity index (χ2n) is 5.01. The van der Waals surface area contributed by atoms with Crippen LogP contribution >= 0.6 is 0 Å². The summed E-state index contributed by atoms with van der Waals surface area (Å²) < 4.78 is 0. The minimum atomic E-state index is 0.104. The van der Waals surface area contributed by atoms with Crippen LogP contribution in [0.25, 0.3) is 0 Å². The normalized spacial score (nSPS) is 15.2. The van der Waals surface area contributed by atoms with Crippen molar-refractivity contribution in [2.24, 2.45) is 5.73 Å². The molecule has 0 amide bonds. The molecule has 0 spiro atoms. The van der Waals surface area contributed by atoms with E-state index in [0.717, 1.165) is 24.4 Å². The van der Waals surface area contributed by atoms with E-state index in [0.29, 0.717) is 0 Å². The molecule has 1 heterocycles. The van der Waals surface area contributed by atoms with Gasteiger partial charge in [-0.1, -0.05) is 57.2 Å². The first-order valence-corrected chi connectivity index (χ1v) is 8.09. The number of rotatable bonds is 5. The van der Waals surface area contributed by atoms with E-state index in [1.165, 1.54) is 5.56 Å². The van der Waals surface area contributed by atoms with E-state index in [9.17, 15) is 0 Å². The van der Waals surface area contributed by atoms with Gasteiger partial charge in [0.2, 0.25) is 0 Å². The van der Waals surface area contributed by atoms with Crippen LogP contribution in [0.15, 0.2) is 60.7 Å². The van der Waals surface area contributed by atoms with Gasteiger partial charge in [-0.25, -0.2) is 0 Å². The Hall–Kier alpha value is -2.49. The third kappa shape index (κ3) is 5.33. The molecule has 0 atom stereocenters. The Labute approximate surface area is 140 Å². The Balaban J connectivity index is 0.00000127. The van der Waals surface area contributed by atoms with Crippen LogP contribution in [0, 0.1) is 5.41 Å². The molecule has 0 saturated carbocycles. The average Bonchev–Trinajstić information content (AvgIpc) is 2.91. The van der Waals surface area contributed by atoms with Crippen LogP contribution in [-0.4, -0.2) is 22.7 Å². The molecule has 0 fully saturated rings. The lowest BCUT2D eigenvalue weighted by molar-refractivity contribution is 0.387. The van der Waals surface area contributed by atoms with E-state index < -0.39 is 0 Å². The van der Waals surface area contributed by atoms with Crippen molar-refractivity contribution in [3.05, 3.63) is 71.8 Å². The predicted octanol–water partition coefficient (Wildman–Crippen LogP) is 4.02. The van der Waals surface area contributed by atoms with E-state index in [2.05, 4.69) is 47.4 Å². The van der Waals surface area contributed by atoms with Crippen LogP contribution in [-0.2, 0) is 6.54 Å². The largest absolute Gasteiger partial charge is 0.384 e. The van der Waals surface area contributed by atoms with Gasteiger partial charge in [0.15, 0.2) is 0 Å². The highest BCUT2D eigenvalue weighted by atomic mass is 15.3. The quantitative estimate of drug-likeness (QED) is 0.637. The Morgan fingerprint density at radius 1 is 1.17 bits per heavy atom. The van der Waals surface area contributed by atoms with Gasteiger partial charge >= 0.3 is 0 Å². The topological polar surface area (TPSA) is 56.4 Å². The minimum Gasteiger partial charge on any atom is -0.384 e. The third-order valence-corrected chi connectivity index (χ3v) is 3.36. The van der Waals surface area contributed by atoms with Crippen molar-refractivity contribution in [3.63, 3.8) is 0 Å². The number of nitrogens with zero attached hydrogens (tertiary/aromatic N) is 2. The number of benzene rings is 1. The number of nitrogens with one attached hydrogen (secondary N) is 1. The summed E-state index contributed by atoms with van der Waals surface area (Å²) in [6.07, 6.45) is 11.5. The molecule has 0 saturated heterocycles. The third-order valence-electron chi connectivity index (χ3n) is 3.36. The zero-order valence-electron chi connectivity index (χ0n) is 14.6. The minimum absolute atomic E-state index is 0.104. The van der Waals surface area contributed by atoms with Crippen molar-refractivity contribution in [2.75, 3.05) is 7.05 Å². The van der Waals surface area contributed by atoms with Gasteiger partial charge in [0.25, 0.3) is 0 Å².